The van der Waals surface area contributed by atoms with Crippen molar-refractivity contribution in [3.05, 3.63) is 65.0 Å². The van der Waals surface area contributed by atoms with E-state index in [1.165, 1.54) is 12.1 Å². The van der Waals surface area contributed by atoms with E-state index in [1.54, 1.807) is 6.20 Å². The van der Waals surface area contributed by atoms with E-state index in [0.717, 1.165) is 23.7 Å². The summed E-state index contributed by atoms with van der Waals surface area (Å²) >= 11 is 0. The Balaban J connectivity index is 1.64. The summed E-state index contributed by atoms with van der Waals surface area (Å²) in [7, 11) is 0. The molecule has 9 heteroatoms. The molecule has 5 rings (SSSR count). The van der Waals surface area contributed by atoms with E-state index in [2.05, 4.69) is 25.1 Å². The number of ether oxygens (including phenoxy) is 1. The van der Waals surface area contributed by atoms with Gasteiger partial charge in [-0.1, -0.05) is 0 Å². The molecule has 1 aromatic carbocycles. The van der Waals surface area contributed by atoms with Crippen molar-refractivity contribution in [3.8, 4) is 11.3 Å². The first-order chi connectivity index (χ1) is 15.0. The van der Waals surface area contributed by atoms with Crippen molar-refractivity contribution in [3.63, 3.8) is 0 Å². The molecular weight excluding hydrogens is 402 g/mol. The van der Waals surface area contributed by atoms with Crippen LogP contribution in [0.2, 0.25) is 0 Å². The van der Waals surface area contributed by atoms with Gasteiger partial charge in [0.25, 0.3) is 0 Å². The van der Waals surface area contributed by atoms with Crippen LogP contribution < -0.4 is 0 Å². The van der Waals surface area contributed by atoms with Gasteiger partial charge in [0.2, 0.25) is 0 Å². The first kappa shape index (κ1) is 19.6. The SMILES string of the molecule is Cc1nc2nc([C@@H]3CCO[C@H](c4cn[nH]c4)C3)nc(-c3ccc(F)cc3F)c2nc1C. The van der Waals surface area contributed by atoms with E-state index in [0.29, 0.717) is 41.4 Å². The van der Waals surface area contributed by atoms with E-state index >= 15 is 0 Å². The summed E-state index contributed by atoms with van der Waals surface area (Å²) in [6, 6.07) is 3.44. The topological polar surface area (TPSA) is 89.5 Å². The Morgan fingerprint density at radius 3 is 2.68 bits per heavy atom. The zero-order valence-corrected chi connectivity index (χ0v) is 17.1. The molecule has 3 aromatic heterocycles. The predicted molar refractivity (Wildman–Crippen MR) is 109 cm³/mol. The fourth-order valence-electron chi connectivity index (χ4n) is 3.88. The highest BCUT2D eigenvalue weighted by atomic mass is 19.1. The maximum absolute atomic E-state index is 14.7. The molecule has 1 aliphatic rings. The van der Waals surface area contributed by atoms with Crippen LogP contribution in [0.25, 0.3) is 22.4 Å². The van der Waals surface area contributed by atoms with Gasteiger partial charge in [-0.05, 0) is 38.8 Å². The molecule has 1 saturated heterocycles. The molecule has 0 aliphatic carbocycles. The fourth-order valence-corrected chi connectivity index (χ4v) is 3.88. The third-order valence-corrected chi connectivity index (χ3v) is 5.69. The Kier molecular flexibility index (Phi) is 4.90. The standard InChI is InChI=1S/C22H20F2N6O/c1-11-12(2)28-22-20(27-11)19(16-4-3-15(23)8-17(16)24)29-21(30-22)13-5-6-31-18(7-13)14-9-25-26-10-14/h3-4,8-10,13,18H,5-7H2,1-2H3,(H,25,26)/t13-,18+/m1/s1. The normalized spacial score (nSPS) is 19.1. The van der Waals surface area contributed by atoms with Crippen LogP contribution in [-0.2, 0) is 4.74 Å². The van der Waals surface area contributed by atoms with Crippen LogP contribution in [0, 0.1) is 25.5 Å². The molecule has 31 heavy (non-hydrogen) atoms. The Morgan fingerprint density at radius 1 is 1.06 bits per heavy atom. The molecule has 4 heterocycles. The molecule has 0 radical (unpaired) electrons. The molecule has 0 unspecified atom stereocenters. The lowest BCUT2D eigenvalue weighted by atomic mass is 9.92. The van der Waals surface area contributed by atoms with Gasteiger partial charge in [-0.2, -0.15) is 5.10 Å². The van der Waals surface area contributed by atoms with Crippen molar-refractivity contribution in [2.24, 2.45) is 0 Å². The lowest BCUT2D eigenvalue weighted by Crippen LogP contribution is -2.20. The molecule has 7 nitrogen and oxygen atoms in total. The number of aromatic amines is 1. The maximum Gasteiger partial charge on any atom is 0.182 e. The monoisotopic (exact) mass is 422 g/mol. The van der Waals surface area contributed by atoms with Gasteiger partial charge in [0.05, 0.1) is 23.7 Å². The van der Waals surface area contributed by atoms with Crippen molar-refractivity contribution in [1.29, 1.82) is 0 Å². The number of aromatic nitrogens is 6. The van der Waals surface area contributed by atoms with E-state index in [1.807, 2.05) is 20.0 Å². The van der Waals surface area contributed by atoms with Crippen LogP contribution in [0.15, 0.2) is 30.6 Å². The molecule has 1 aliphatic heterocycles. The second-order valence-corrected chi connectivity index (χ2v) is 7.73. The number of nitrogens with one attached hydrogen (secondary N) is 1. The quantitative estimate of drug-likeness (QED) is 0.528. The lowest BCUT2D eigenvalue weighted by molar-refractivity contribution is 0.00403. The smallest absolute Gasteiger partial charge is 0.182 e. The van der Waals surface area contributed by atoms with Gasteiger partial charge in [0.15, 0.2) is 5.65 Å². The van der Waals surface area contributed by atoms with E-state index in [4.69, 9.17) is 9.72 Å². The fraction of sp³-hybridized carbons (Fsp3) is 0.318. The number of fused-ring (bicyclic) bond motifs is 1. The molecule has 1 N–H and O–H groups in total. The minimum absolute atomic E-state index is 0.0104. The molecule has 0 bridgehead atoms. The van der Waals surface area contributed by atoms with Crippen molar-refractivity contribution in [1.82, 2.24) is 30.1 Å². The summed E-state index contributed by atoms with van der Waals surface area (Å²) in [4.78, 5) is 18.6. The summed E-state index contributed by atoms with van der Waals surface area (Å²) < 4.78 is 34.1. The van der Waals surface area contributed by atoms with Crippen LogP contribution in [-0.4, -0.2) is 36.7 Å². The molecule has 4 aromatic rings. The van der Waals surface area contributed by atoms with Gasteiger partial charge in [-0.25, -0.2) is 28.7 Å². The van der Waals surface area contributed by atoms with Gasteiger partial charge in [-0.15, -0.1) is 0 Å². The van der Waals surface area contributed by atoms with Gasteiger partial charge >= 0.3 is 0 Å². The van der Waals surface area contributed by atoms with Gasteiger partial charge in [0, 0.05) is 35.9 Å². The van der Waals surface area contributed by atoms with Crippen LogP contribution >= 0.6 is 0 Å². The highest BCUT2D eigenvalue weighted by Gasteiger charge is 2.29. The van der Waals surface area contributed by atoms with E-state index < -0.39 is 11.6 Å². The van der Waals surface area contributed by atoms with Gasteiger partial charge in [0.1, 0.15) is 28.7 Å². The Labute approximate surface area is 176 Å². The number of hydrogen-bond donors (Lipinski definition) is 1. The highest BCUT2D eigenvalue weighted by Crippen LogP contribution is 2.37. The predicted octanol–water partition coefficient (Wildman–Crippen LogP) is 4.34. The number of halogens is 2. The minimum Gasteiger partial charge on any atom is -0.373 e. The number of H-pyrrole nitrogens is 1. The van der Waals surface area contributed by atoms with Crippen LogP contribution in [0.5, 0.6) is 0 Å². The van der Waals surface area contributed by atoms with Crippen molar-refractivity contribution >= 4 is 11.2 Å². The first-order valence-electron chi connectivity index (χ1n) is 10.1. The van der Waals surface area contributed by atoms with Crippen LogP contribution in [0.1, 0.15) is 47.6 Å². The molecule has 158 valence electrons. The Hall–Kier alpha value is -3.33. The third-order valence-electron chi connectivity index (χ3n) is 5.69. The number of rotatable bonds is 3. The second-order valence-electron chi connectivity index (χ2n) is 7.73. The summed E-state index contributed by atoms with van der Waals surface area (Å²) in [6.07, 6.45) is 4.81. The molecular formula is C22H20F2N6O. The summed E-state index contributed by atoms with van der Waals surface area (Å²) in [5, 5.41) is 6.80. The van der Waals surface area contributed by atoms with Crippen molar-refractivity contribution < 1.29 is 13.5 Å². The van der Waals surface area contributed by atoms with Crippen LogP contribution in [0.4, 0.5) is 8.78 Å². The number of nitrogens with zero attached hydrogens (tertiary/aromatic N) is 5. The number of aryl methyl sites for hydroxylation is 2. The number of benzene rings is 1. The maximum atomic E-state index is 14.7. The van der Waals surface area contributed by atoms with Crippen LogP contribution in [0.3, 0.4) is 0 Å². The summed E-state index contributed by atoms with van der Waals surface area (Å²) in [6.45, 7) is 4.22. The lowest BCUT2D eigenvalue weighted by Gasteiger charge is -2.28. The molecule has 0 saturated carbocycles. The minimum atomic E-state index is -0.700. The summed E-state index contributed by atoms with van der Waals surface area (Å²) in [5.41, 5.74) is 3.70. The largest absolute Gasteiger partial charge is 0.373 e. The van der Waals surface area contributed by atoms with Gasteiger partial charge < -0.3 is 4.74 Å². The molecule has 0 amide bonds. The zero-order valence-electron chi connectivity index (χ0n) is 17.1. The van der Waals surface area contributed by atoms with Crippen molar-refractivity contribution in [2.45, 2.75) is 38.7 Å². The summed E-state index contributed by atoms with van der Waals surface area (Å²) in [5.74, 6) is -0.802. The van der Waals surface area contributed by atoms with Crippen molar-refractivity contribution in [2.75, 3.05) is 6.61 Å². The zero-order chi connectivity index (χ0) is 21.5. The van der Waals surface area contributed by atoms with Gasteiger partial charge in [-0.3, -0.25) is 5.10 Å². The molecule has 2 atom stereocenters. The third kappa shape index (κ3) is 3.65. The number of hydrogen-bond acceptors (Lipinski definition) is 6. The average molecular weight is 422 g/mol. The highest BCUT2D eigenvalue weighted by molar-refractivity contribution is 5.87. The Bertz CT molecular complexity index is 1260. The first-order valence-corrected chi connectivity index (χ1v) is 10.1. The Morgan fingerprint density at radius 2 is 1.90 bits per heavy atom. The van der Waals surface area contributed by atoms with E-state index in [9.17, 15) is 8.78 Å². The van der Waals surface area contributed by atoms with E-state index in [-0.39, 0.29) is 17.6 Å². The molecule has 1 fully saturated rings. The molecule has 0 spiro atoms. The second kappa shape index (κ2) is 7.73. The average Bonchev–Trinajstić information content (AvgIpc) is 3.29.